The SMILES string of the molecule is CCC(=O)N(C)Cc1nc2ccccc2c(=O)[nH]1. The number of carbonyl (C=O) groups excluding carboxylic acids is 1. The van der Waals surface area contributed by atoms with Crippen LogP contribution < -0.4 is 5.56 Å². The van der Waals surface area contributed by atoms with Crippen LogP contribution in [0.25, 0.3) is 10.9 Å². The molecule has 0 spiro atoms. The number of amides is 1. The van der Waals surface area contributed by atoms with Gasteiger partial charge in [-0.25, -0.2) is 4.98 Å². The van der Waals surface area contributed by atoms with Crippen molar-refractivity contribution in [1.82, 2.24) is 14.9 Å². The molecule has 0 aliphatic carbocycles. The zero-order chi connectivity index (χ0) is 13.1. The summed E-state index contributed by atoms with van der Waals surface area (Å²) < 4.78 is 0. The molecule has 5 nitrogen and oxygen atoms in total. The number of nitrogens with one attached hydrogen (secondary N) is 1. The Morgan fingerprint density at radius 2 is 2.11 bits per heavy atom. The Morgan fingerprint density at radius 3 is 2.83 bits per heavy atom. The van der Waals surface area contributed by atoms with Gasteiger partial charge in [0.15, 0.2) is 0 Å². The summed E-state index contributed by atoms with van der Waals surface area (Å²) in [5, 5.41) is 0.561. The van der Waals surface area contributed by atoms with Gasteiger partial charge in [0.2, 0.25) is 5.91 Å². The fraction of sp³-hybridized carbons (Fsp3) is 0.308. The van der Waals surface area contributed by atoms with Gasteiger partial charge in [-0.05, 0) is 12.1 Å². The fourth-order valence-electron chi connectivity index (χ4n) is 1.79. The lowest BCUT2D eigenvalue weighted by atomic mass is 10.2. The standard InChI is InChI=1S/C13H15N3O2/c1-3-12(17)16(2)8-11-14-10-7-5-4-6-9(10)13(18)15-11/h4-7H,3,8H2,1-2H3,(H,14,15,18). The third-order valence-corrected chi connectivity index (χ3v) is 2.78. The number of para-hydroxylation sites is 1. The first-order valence-electron chi connectivity index (χ1n) is 5.83. The summed E-state index contributed by atoms with van der Waals surface area (Å²) in [4.78, 5) is 31.9. The van der Waals surface area contributed by atoms with Gasteiger partial charge in [0.1, 0.15) is 5.82 Å². The summed E-state index contributed by atoms with van der Waals surface area (Å²) in [5.41, 5.74) is 0.474. The smallest absolute Gasteiger partial charge is 0.258 e. The number of benzene rings is 1. The number of rotatable bonds is 3. The van der Waals surface area contributed by atoms with E-state index in [1.807, 2.05) is 6.07 Å². The molecule has 0 radical (unpaired) electrons. The highest BCUT2D eigenvalue weighted by Gasteiger charge is 2.09. The Labute approximate surface area is 104 Å². The second-order valence-electron chi connectivity index (χ2n) is 4.13. The van der Waals surface area contributed by atoms with E-state index in [4.69, 9.17) is 0 Å². The highest BCUT2D eigenvalue weighted by Crippen LogP contribution is 2.06. The van der Waals surface area contributed by atoms with Crippen molar-refractivity contribution < 1.29 is 4.79 Å². The van der Waals surface area contributed by atoms with Crippen LogP contribution in [0, 0.1) is 0 Å². The summed E-state index contributed by atoms with van der Waals surface area (Å²) in [5.74, 6) is 0.522. The van der Waals surface area contributed by atoms with Crippen LogP contribution in [-0.4, -0.2) is 27.8 Å². The molecule has 0 saturated heterocycles. The molecule has 1 heterocycles. The highest BCUT2D eigenvalue weighted by atomic mass is 16.2. The van der Waals surface area contributed by atoms with Gasteiger partial charge in [0.25, 0.3) is 5.56 Å². The Hall–Kier alpha value is -2.17. The number of carbonyl (C=O) groups is 1. The predicted molar refractivity (Wildman–Crippen MR) is 69.1 cm³/mol. The summed E-state index contributed by atoms with van der Waals surface area (Å²) in [7, 11) is 1.70. The van der Waals surface area contributed by atoms with E-state index in [0.29, 0.717) is 29.7 Å². The van der Waals surface area contributed by atoms with Crippen LogP contribution in [0.1, 0.15) is 19.2 Å². The van der Waals surface area contributed by atoms with Gasteiger partial charge >= 0.3 is 0 Å². The topological polar surface area (TPSA) is 66.1 Å². The molecule has 1 amide bonds. The number of aromatic amines is 1. The summed E-state index contributed by atoms with van der Waals surface area (Å²) in [6, 6.07) is 7.15. The van der Waals surface area contributed by atoms with E-state index in [1.54, 1.807) is 37.1 Å². The molecule has 94 valence electrons. The van der Waals surface area contributed by atoms with Crippen molar-refractivity contribution >= 4 is 16.8 Å². The van der Waals surface area contributed by atoms with E-state index >= 15 is 0 Å². The molecule has 2 rings (SSSR count). The fourth-order valence-corrected chi connectivity index (χ4v) is 1.79. The number of nitrogens with zero attached hydrogens (tertiary/aromatic N) is 2. The summed E-state index contributed by atoms with van der Waals surface area (Å²) >= 11 is 0. The van der Waals surface area contributed by atoms with Crippen molar-refractivity contribution in [2.45, 2.75) is 19.9 Å². The average molecular weight is 245 g/mol. The third kappa shape index (κ3) is 2.40. The number of fused-ring (bicyclic) bond motifs is 1. The molecule has 0 aliphatic heterocycles. The molecule has 1 aromatic carbocycles. The van der Waals surface area contributed by atoms with Crippen molar-refractivity contribution in [2.24, 2.45) is 0 Å². The molecule has 0 fully saturated rings. The van der Waals surface area contributed by atoms with Crippen LogP contribution >= 0.6 is 0 Å². The maximum atomic E-state index is 11.8. The van der Waals surface area contributed by atoms with Crippen molar-refractivity contribution in [3.63, 3.8) is 0 Å². The lowest BCUT2D eigenvalue weighted by Gasteiger charge is -2.15. The maximum absolute atomic E-state index is 11.8. The van der Waals surface area contributed by atoms with Crippen LogP contribution in [0.3, 0.4) is 0 Å². The Balaban J connectivity index is 2.35. The normalized spacial score (nSPS) is 10.6. The number of H-pyrrole nitrogens is 1. The second kappa shape index (κ2) is 5.00. The lowest BCUT2D eigenvalue weighted by Crippen LogP contribution is -2.27. The Kier molecular flexibility index (Phi) is 3.41. The average Bonchev–Trinajstić information content (AvgIpc) is 2.37. The van der Waals surface area contributed by atoms with Gasteiger partial charge < -0.3 is 9.88 Å². The first-order chi connectivity index (χ1) is 8.61. The number of hydrogen-bond acceptors (Lipinski definition) is 3. The minimum atomic E-state index is -0.173. The Bertz CT molecular complexity index is 633. The van der Waals surface area contributed by atoms with Gasteiger partial charge in [-0.15, -0.1) is 0 Å². The van der Waals surface area contributed by atoms with Crippen LogP contribution in [0.4, 0.5) is 0 Å². The molecule has 0 bridgehead atoms. The predicted octanol–water partition coefficient (Wildman–Crippen LogP) is 1.29. The first kappa shape index (κ1) is 12.3. The van der Waals surface area contributed by atoms with Crippen molar-refractivity contribution in [1.29, 1.82) is 0 Å². The zero-order valence-electron chi connectivity index (χ0n) is 10.4. The molecule has 5 heteroatoms. The van der Waals surface area contributed by atoms with Crippen molar-refractivity contribution in [2.75, 3.05) is 7.05 Å². The van der Waals surface area contributed by atoms with Gasteiger partial charge in [0.05, 0.1) is 17.4 Å². The molecular formula is C13H15N3O2. The van der Waals surface area contributed by atoms with Crippen molar-refractivity contribution in [3.05, 3.63) is 40.4 Å². The van der Waals surface area contributed by atoms with Crippen LogP contribution in [0.5, 0.6) is 0 Å². The first-order valence-corrected chi connectivity index (χ1v) is 5.83. The van der Waals surface area contributed by atoms with Gasteiger partial charge in [0, 0.05) is 13.5 Å². The molecule has 0 saturated carbocycles. The molecule has 18 heavy (non-hydrogen) atoms. The summed E-state index contributed by atoms with van der Waals surface area (Å²) in [6.45, 7) is 2.11. The molecule has 0 unspecified atom stereocenters. The monoisotopic (exact) mass is 245 g/mol. The van der Waals surface area contributed by atoms with Gasteiger partial charge in [-0.2, -0.15) is 0 Å². The van der Waals surface area contributed by atoms with Crippen LogP contribution in [0.15, 0.2) is 29.1 Å². The van der Waals surface area contributed by atoms with E-state index in [0.717, 1.165) is 0 Å². The third-order valence-electron chi connectivity index (χ3n) is 2.78. The maximum Gasteiger partial charge on any atom is 0.258 e. The quantitative estimate of drug-likeness (QED) is 0.886. The molecule has 1 aromatic heterocycles. The van der Waals surface area contributed by atoms with E-state index in [9.17, 15) is 9.59 Å². The molecule has 1 N–H and O–H groups in total. The lowest BCUT2D eigenvalue weighted by molar-refractivity contribution is -0.130. The van der Waals surface area contributed by atoms with E-state index in [1.165, 1.54) is 0 Å². The second-order valence-corrected chi connectivity index (χ2v) is 4.13. The summed E-state index contributed by atoms with van der Waals surface area (Å²) in [6.07, 6.45) is 0.439. The molecular weight excluding hydrogens is 230 g/mol. The van der Waals surface area contributed by atoms with Crippen molar-refractivity contribution in [3.8, 4) is 0 Å². The minimum Gasteiger partial charge on any atom is -0.338 e. The number of aromatic nitrogens is 2. The van der Waals surface area contributed by atoms with Crippen LogP contribution in [0.2, 0.25) is 0 Å². The largest absolute Gasteiger partial charge is 0.338 e. The van der Waals surface area contributed by atoms with Gasteiger partial charge in [-0.3, -0.25) is 9.59 Å². The minimum absolute atomic E-state index is 0.0193. The number of hydrogen-bond donors (Lipinski definition) is 1. The molecule has 2 aromatic rings. The van der Waals surface area contributed by atoms with E-state index in [-0.39, 0.29) is 11.5 Å². The van der Waals surface area contributed by atoms with Crippen LogP contribution in [-0.2, 0) is 11.3 Å². The zero-order valence-corrected chi connectivity index (χ0v) is 10.4. The molecule has 0 atom stereocenters. The molecule has 0 aliphatic rings. The van der Waals surface area contributed by atoms with E-state index in [2.05, 4.69) is 9.97 Å². The highest BCUT2D eigenvalue weighted by molar-refractivity contribution is 5.77. The van der Waals surface area contributed by atoms with E-state index < -0.39 is 0 Å². The van der Waals surface area contributed by atoms with Gasteiger partial charge in [-0.1, -0.05) is 19.1 Å². The Morgan fingerprint density at radius 1 is 1.39 bits per heavy atom.